The number of para-hydroxylation sites is 2. The Bertz CT molecular complexity index is 2070. The molecule has 3 N–H and O–H groups in total. The van der Waals surface area contributed by atoms with Gasteiger partial charge in [0.05, 0.1) is 0 Å². The van der Waals surface area contributed by atoms with E-state index < -0.39 is 0 Å². The Morgan fingerprint density at radius 1 is 0.367 bits per heavy atom. The molecule has 6 heteroatoms. The molecule has 7 aromatic carbocycles. The van der Waals surface area contributed by atoms with Crippen LogP contribution in [0.5, 0.6) is 23.0 Å². The number of nitrogens with zero attached hydrogens (tertiary/aromatic N) is 2. The van der Waals surface area contributed by atoms with E-state index in [1.807, 2.05) is 116 Å². The van der Waals surface area contributed by atoms with Crippen LogP contribution in [-0.4, -0.2) is 7.05 Å². The SMILES string of the molecule is CNc1ccc(N(c2ccc(Oc3ccccc3)cc2)c2ccc(N(c3ccc(N)cc3)c3ccc(Oc4ccccc4)cc3)cc2)cc1. The fourth-order valence-electron chi connectivity index (χ4n) is 5.62. The highest BCUT2D eigenvalue weighted by Crippen LogP contribution is 2.40. The van der Waals surface area contributed by atoms with Gasteiger partial charge in [-0.25, -0.2) is 0 Å². The van der Waals surface area contributed by atoms with Gasteiger partial charge in [-0.15, -0.1) is 0 Å². The quantitative estimate of drug-likeness (QED) is 0.137. The zero-order valence-electron chi connectivity index (χ0n) is 27.1. The van der Waals surface area contributed by atoms with E-state index in [0.29, 0.717) is 5.69 Å². The normalized spacial score (nSPS) is 10.6. The van der Waals surface area contributed by atoms with E-state index in [0.717, 1.165) is 62.8 Å². The fourth-order valence-corrected chi connectivity index (χ4v) is 5.62. The zero-order chi connectivity index (χ0) is 33.4. The molecule has 7 rings (SSSR count). The van der Waals surface area contributed by atoms with E-state index in [1.54, 1.807) is 0 Å². The smallest absolute Gasteiger partial charge is 0.127 e. The van der Waals surface area contributed by atoms with E-state index in [4.69, 9.17) is 15.2 Å². The van der Waals surface area contributed by atoms with Crippen LogP contribution in [-0.2, 0) is 0 Å². The monoisotopic (exact) mass is 640 g/mol. The maximum atomic E-state index is 6.08. The molecule has 0 radical (unpaired) electrons. The minimum atomic E-state index is 0.714. The van der Waals surface area contributed by atoms with Gasteiger partial charge in [0.1, 0.15) is 23.0 Å². The van der Waals surface area contributed by atoms with Crippen molar-refractivity contribution in [2.45, 2.75) is 0 Å². The third-order valence-corrected chi connectivity index (χ3v) is 8.08. The molecule has 0 saturated heterocycles. The molecule has 0 bridgehead atoms. The molecule has 0 aliphatic rings. The van der Waals surface area contributed by atoms with Crippen LogP contribution in [0.3, 0.4) is 0 Å². The lowest BCUT2D eigenvalue weighted by molar-refractivity contribution is 0.482. The Balaban J connectivity index is 1.21. The first-order chi connectivity index (χ1) is 24.1. The molecule has 7 aromatic rings. The predicted octanol–water partition coefficient (Wildman–Crippen LogP) is 11.8. The van der Waals surface area contributed by atoms with Crippen molar-refractivity contribution in [3.05, 3.63) is 182 Å². The number of hydrogen-bond acceptors (Lipinski definition) is 6. The van der Waals surface area contributed by atoms with Crippen molar-refractivity contribution in [2.24, 2.45) is 0 Å². The van der Waals surface area contributed by atoms with Crippen LogP contribution in [0, 0.1) is 0 Å². The summed E-state index contributed by atoms with van der Waals surface area (Å²) in [5.41, 5.74) is 13.9. The number of nitrogens with two attached hydrogens (primary N) is 1. The van der Waals surface area contributed by atoms with E-state index in [1.165, 1.54) is 0 Å². The molecule has 0 spiro atoms. The second-order valence-electron chi connectivity index (χ2n) is 11.4. The molecule has 0 amide bonds. The molecule has 49 heavy (non-hydrogen) atoms. The molecular weight excluding hydrogens is 604 g/mol. The topological polar surface area (TPSA) is 63.0 Å². The molecule has 240 valence electrons. The molecule has 0 aliphatic heterocycles. The minimum Gasteiger partial charge on any atom is -0.457 e. The molecule has 0 saturated carbocycles. The average Bonchev–Trinajstić information content (AvgIpc) is 3.16. The van der Waals surface area contributed by atoms with Crippen LogP contribution in [0.4, 0.5) is 45.5 Å². The Morgan fingerprint density at radius 3 is 1.00 bits per heavy atom. The molecule has 0 aromatic heterocycles. The van der Waals surface area contributed by atoms with Crippen LogP contribution in [0.2, 0.25) is 0 Å². The van der Waals surface area contributed by atoms with E-state index >= 15 is 0 Å². The fraction of sp³-hybridized carbons (Fsp3) is 0.0233. The van der Waals surface area contributed by atoms with Gasteiger partial charge in [0, 0.05) is 52.5 Å². The van der Waals surface area contributed by atoms with Crippen LogP contribution >= 0.6 is 0 Å². The Labute approximate surface area is 287 Å². The van der Waals surface area contributed by atoms with Gasteiger partial charge in [-0.05, 0) is 146 Å². The van der Waals surface area contributed by atoms with Crippen molar-refractivity contribution in [3.8, 4) is 23.0 Å². The summed E-state index contributed by atoms with van der Waals surface area (Å²) in [7, 11) is 1.92. The summed E-state index contributed by atoms with van der Waals surface area (Å²) in [6, 6.07) is 60.8. The summed E-state index contributed by atoms with van der Waals surface area (Å²) < 4.78 is 12.1. The Kier molecular flexibility index (Phi) is 9.10. The van der Waals surface area contributed by atoms with Crippen molar-refractivity contribution in [1.29, 1.82) is 0 Å². The number of ether oxygens (including phenoxy) is 2. The highest BCUT2D eigenvalue weighted by molar-refractivity contribution is 5.82. The van der Waals surface area contributed by atoms with Gasteiger partial charge >= 0.3 is 0 Å². The predicted molar refractivity (Wildman–Crippen MR) is 203 cm³/mol. The lowest BCUT2D eigenvalue weighted by Gasteiger charge is -2.28. The molecule has 6 nitrogen and oxygen atoms in total. The van der Waals surface area contributed by atoms with Crippen LogP contribution in [0.1, 0.15) is 0 Å². The van der Waals surface area contributed by atoms with Gasteiger partial charge in [-0.1, -0.05) is 36.4 Å². The summed E-state index contributed by atoms with van der Waals surface area (Å²) in [5, 5.41) is 3.22. The highest BCUT2D eigenvalue weighted by atomic mass is 16.5. The standard InChI is InChI=1S/C43H36N4O2/c1-45-33-14-18-35(19-15-33)47(39-26-30-43(31-27-39)49-41-10-6-3-7-11-41)37-22-20-36(21-23-37)46(34-16-12-32(44)13-17-34)38-24-28-42(29-25-38)48-40-8-4-2-5-9-40/h2-31,45H,44H2,1H3. The molecule has 0 atom stereocenters. The summed E-state index contributed by atoms with van der Waals surface area (Å²) >= 11 is 0. The van der Waals surface area contributed by atoms with E-state index in [-0.39, 0.29) is 0 Å². The van der Waals surface area contributed by atoms with Gasteiger partial charge in [0.2, 0.25) is 0 Å². The second-order valence-corrected chi connectivity index (χ2v) is 11.4. The number of rotatable bonds is 11. The maximum absolute atomic E-state index is 6.08. The Hall–Kier alpha value is -6.66. The first-order valence-corrected chi connectivity index (χ1v) is 16.1. The van der Waals surface area contributed by atoms with Crippen molar-refractivity contribution in [3.63, 3.8) is 0 Å². The van der Waals surface area contributed by atoms with E-state index in [2.05, 4.69) is 87.9 Å². The van der Waals surface area contributed by atoms with Crippen LogP contribution in [0.25, 0.3) is 0 Å². The highest BCUT2D eigenvalue weighted by Gasteiger charge is 2.17. The average molecular weight is 641 g/mol. The number of nitrogens with one attached hydrogen (secondary N) is 1. The summed E-state index contributed by atoms with van der Waals surface area (Å²) in [6.45, 7) is 0. The van der Waals surface area contributed by atoms with Gasteiger partial charge in [0.25, 0.3) is 0 Å². The third-order valence-electron chi connectivity index (χ3n) is 8.08. The third kappa shape index (κ3) is 7.34. The van der Waals surface area contributed by atoms with Crippen LogP contribution < -0.4 is 30.3 Å². The van der Waals surface area contributed by atoms with Crippen molar-refractivity contribution in [2.75, 3.05) is 27.9 Å². The molecule has 0 unspecified atom stereocenters. The first kappa shape index (κ1) is 31.0. The van der Waals surface area contributed by atoms with Crippen molar-refractivity contribution >= 4 is 45.5 Å². The molecular formula is C43H36N4O2. The summed E-state index contributed by atoms with van der Waals surface area (Å²) in [6.07, 6.45) is 0. The van der Waals surface area contributed by atoms with Gasteiger partial charge in [-0.2, -0.15) is 0 Å². The lowest BCUT2D eigenvalue weighted by Crippen LogP contribution is -2.12. The van der Waals surface area contributed by atoms with Gasteiger partial charge in [0.15, 0.2) is 0 Å². The molecule has 0 fully saturated rings. The van der Waals surface area contributed by atoms with Crippen molar-refractivity contribution in [1.82, 2.24) is 0 Å². The summed E-state index contributed by atoms with van der Waals surface area (Å²) in [4.78, 5) is 4.44. The number of nitrogen functional groups attached to an aromatic ring is 1. The molecule has 0 heterocycles. The first-order valence-electron chi connectivity index (χ1n) is 16.1. The van der Waals surface area contributed by atoms with Gasteiger partial charge < -0.3 is 30.3 Å². The summed E-state index contributed by atoms with van der Waals surface area (Å²) in [5.74, 6) is 3.14. The number of anilines is 8. The van der Waals surface area contributed by atoms with E-state index in [9.17, 15) is 0 Å². The largest absolute Gasteiger partial charge is 0.457 e. The lowest BCUT2D eigenvalue weighted by atomic mass is 10.1. The number of benzene rings is 7. The van der Waals surface area contributed by atoms with Crippen LogP contribution in [0.15, 0.2) is 182 Å². The minimum absolute atomic E-state index is 0.714. The molecule has 0 aliphatic carbocycles. The Morgan fingerprint density at radius 2 is 0.653 bits per heavy atom. The number of hydrogen-bond donors (Lipinski definition) is 2. The van der Waals surface area contributed by atoms with Gasteiger partial charge in [-0.3, -0.25) is 0 Å². The van der Waals surface area contributed by atoms with Crippen molar-refractivity contribution < 1.29 is 9.47 Å². The zero-order valence-corrected chi connectivity index (χ0v) is 27.1. The second kappa shape index (κ2) is 14.4. The maximum Gasteiger partial charge on any atom is 0.127 e.